The van der Waals surface area contributed by atoms with Crippen molar-refractivity contribution in [2.24, 2.45) is 0 Å². The van der Waals surface area contributed by atoms with Gasteiger partial charge >= 0.3 is 6.09 Å². The van der Waals surface area contributed by atoms with Gasteiger partial charge in [0.1, 0.15) is 6.61 Å². The first-order valence-corrected chi connectivity index (χ1v) is 6.03. The van der Waals surface area contributed by atoms with E-state index < -0.39 is 6.09 Å². The topological polar surface area (TPSA) is 66.8 Å². The summed E-state index contributed by atoms with van der Waals surface area (Å²) in [6.07, 6.45) is 0.502. The summed E-state index contributed by atoms with van der Waals surface area (Å²) in [6, 6.07) is 9.36. The van der Waals surface area contributed by atoms with Gasteiger partial charge in [0.25, 0.3) is 0 Å². The molecule has 1 amide bonds. The highest BCUT2D eigenvalue weighted by Crippen LogP contribution is 2.13. The Labute approximate surface area is 111 Å². The van der Waals surface area contributed by atoms with Gasteiger partial charge in [-0.05, 0) is 5.56 Å². The van der Waals surface area contributed by atoms with E-state index in [1.54, 1.807) is 0 Å². The molecule has 0 bridgehead atoms. The van der Waals surface area contributed by atoms with Gasteiger partial charge in [-0.3, -0.25) is 4.79 Å². The number of hydrogen-bond donors (Lipinski definition) is 1. The molecule has 1 aliphatic heterocycles. The highest BCUT2D eigenvalue weighted by atomic mass is 16.6. The number of piperidine rings is 1. The fraction of sp³-hybridized carbons (Fsp3) is 0.286. The van der Waals surface area contributed by atoms with Crippen molar-refractivity contribution >= 4 is 11.9 Å². The SMILES string of the molecule is O=C1CCN(C(=O)OCc2ccccc2)CC1=CO. The van der Waals surface area contributed by atoms with Crippen LogP contribution >= 0.6 is 0 Å². The summed E-state index contributed by atoms with van der Waals surface area (Å²) in [5.74, 6) is -0.130. The molecular formula is C14H15NO4. The Morgan fingerprint density at radius 2 is 2.11 bits per heavy atom. The molecule has 1 N–H and O–H groups in total. The van der Waals surface area contributed by atoms with E-state index in [4.69, 9.17) is 9.84 Å². The van der Waals surface area contributed by atoms with Crippen LogP contribution in [0.25, 0.3) is 0 Å². The van der Waals surface area contributed by atoms with Crippen LogP contribution in [0.3, 0.4) is 0 Å². The lowest BCUT2D eigenvalue weighted by molar-refractivity contribution is -0.117. The first-order chi connectivity index (χ1) is 9.20. The number of benzene rings is 1. The van der Waals surface area contributed by atoms with Crippen LogP contribution in [0.2, 0.25) is 0 Å². The molecule has 1 aromatic rings. The minimum atomic E-state index is -0.476. The number of aliphatic hydroxyl groups excluding tert-OH is 1. The molecule has 1 fully saturated rings. The minimum Gasteiger partial charge on any atom is -0.515 e. The molecule has 0 atom stereocenters. The van der Waals surface area contributed by atoms with Gasteiger partial charge in [-0.2, -0.15) is 0 Å². The van der Waals surface area contributed by atoms with E-state index in [0.29, 0.717) is 6.54 Å². The van der Waals surface area contributed by atoms with Gasteiger partial charge in [0.15, 0.2) is 5.78 Å². The second kappa shape index (κ2) is 6.04. The van der Waals surface area contributed by atoms with Gasteiger partial charge < -0.3 is 14.7 Å². The standard InChI is InChI=1S/C14H15NO4/c16-9-12-8-15(7-6-13(12)17)14(18)19-10-11-4-2-1-3-5-11/h1-5,9,16H,6-8,10H2. The number of likely N-dealkylation sites (tertiary alicyclic amines) is 1. The van der Waals surface area contributed by atoms with Crippen LogP contribution < -0.4 is 0 Å². The van der Waals surface area contributed by atoms with Crippen molar-refractivity contribution < 1.29 is 19.4 Å². The average Bonchev–Trinajstić information content (AvgIpc) is 2.46. The van der Waals surface area contributed by atoms with E-state index in [1.165, 1.54) is 4.90 Å². The van der Waals surface area contributed by atoms with Crippen molar-refractivity contribution in [3.05, 3.63) is 47.7 Å². The van der Waals surface area contributed by atoms with Gasteiger partial charge in [0.2, 0.25) is 0 Å². The number of Topliss-reactive ketones (excluding diaryl/α,β-unsaturated/α-hetero) is 1. The Hall–Kier alpha value is -2.30. The first kappa shape index (κ1) is 13.1. The third-order valence-electron chi connectivity index (χ3n) is 2.95. The summed E-state index contributed by atoms with van der Waals surface area (Å²) in [5.41, 5.74) is 1.14. The zero-order chi connectivity index (χ0) is 13.7. The molecule has 0 saturated carbocycles. The highest BCUT2D eigenvalue weighted by molar-refractivity contribution is 5.97. The molecule has 100 valence electrons. The average molecular weight is 261 g/mol. The van der Waals surface area contributed by atoms with Gasteiger partial charge in [0.05, 0.1) is 12.8 Å². The van der Waals surface area contributed by atoms with Crippen LogP contribution in [-0.4, -0.2) is 35.0 Å². The van der Waals surface area contributed by atoms with E-state index in [1.807, 2.05) is 30.3 Å². The summed E-state index contributed by atoms with van der Waals surface area (Å²) < 4.78 is 5.16. The lowest BCUT2D eigenvalue weighted by Crippen LogP contribution is -2.40. The van der Waals surface area contributed by atoms with Crippen LogP contribution in [0.15, 0.2) is 42.2 Å². The van der Waals surface area contributed by atoms with Crippen molar-refractivity contribution in [1.82, 2.24) is 4.90 Å². The van der Waals surface area contributed by atoms with E-state index in [0.717, 1.165) is 11.8 Å². The van der Waals surface area contributed by atoms with Crippen LogP contribution in [0, 0.1) is 0 Å². The minimum absolute atomic E-state index is 0.100. The third kappa shape index (κ3) is 3.34. The highest BCUT2D eigenvalue weighted by Gasteiger charge is 2.26. The Bertz CT molecular complexity index is 495. The summed E-state index contributed by atoms with van der Waals surface area (Å²) in [7, 11) is 0. The molecular weight excluding hydrogens is 246 g/mol. The van der Waals surface area contributed by atoms with Crippen molar-refractivity contribution in [3.8, 4) is 0 Å². The zero-order valence-corrected chi connectivity index (χ0v) is 10.4. The molecule has 0 aromatic heterocycles. The largest absolute Gasteiger partial charge is 0.515 e. The molecule has 2 rings (SSSR count). The zero-order valence-electron chi connectivity index (χ0n) is 10.4. The summed E-state index contributed by atoms with van der Waals surface area (Å²) >= 11 is 0. The Balaban J connectivity index is 1.89. The number of ketones is 1. The fourth-order valence-corrected chi connectivity index (χ4v) is 1.85. The number of carbonyl (C=O) groups excluding carboxylic acids is 2. The van der Waals surface area contributed by atoms with Gasteiger partial charge in [-0.1, -0.05) is 30.3 Å². The van der Waals surface area contributed by atoms with Crippen LogP contribution in [0.1, 0.15) is 12.0 Å². The van der Waals surface area contributed by atoms with Crippen molar-refractivity contribution in [1.29, 1.82) is 0 Å². The summed E-state index contributed by atoms with van der Waals surface area (Å²) in [5, 5.41) is 8.91. The number of rotatable bonds is 2. The van der Waals surface area contributed by atoms with E-state index in [-0.39, 0.29) is 30.9 Å². The number of carbonyl (C=O) groups is 2. The molecule has 1 saturated heterocycles. The number of amides is 1. The first-order valence-electron chi connectivity index (χ1n) is 6.03. The maximum absolute atomic E-state index is 11.8. The maximum atomic E-state index is 11.8. The van der Waals surface area contributed by atoms with Crippen LogP contribution in [0.5, 0.6) is 0 Å². The second-order valence-electron chi connectivity index (χ2n) is 4.29. The summed E-state index contributed by atoms with van der Waals surface area (Å²) in [6.45, 7) is 0.620. The monoisotopic (exact) mass is 261 g/mol. The molecule has 5 heteroatoms. The van der Waals surface area contributed by atoms with Gasteiger partial charge in [-0.15, -0.1) is 0 Å². The van der Waals surface area contributed by atoms with E-state index in [9.17, 15) is 9.59 Å². The molecule has 0 spiro atoms. The Morgan fingerprint density at radius 3 is 2.79 bits per heavy atom. The quantitative estimate of drug-likeness (QED) is 0.653. The molecule has 0 radical (unpaired) electrons. The van der Waals surface area contributed by atoms with Gasteiger partial charge in [-0.25, -0.2) is 4.79 Å². The van der Waals surface area contributed by atoms with Crippen molar-refractivity contribution in [2.45, 2.75) is 13.0 Å². The molecule has 1 heterocycles. The second-order valence-corrected chi connectivity index (χ2v) is 4.29. The van der Waals surface area contributed by atoms with Gasteiger partial charge in [0, 0.05) is 18.5 Å². The lowest BCUT2D eigenvalue weighted by Gasteiger charge is -2.26. The number of ether oxygens (including phenoxy) is 1. The fourth-order valence-electron chi connectivity index (χ4n) is 1.85. The number of aliphatic hydroxyl groups is 1. The molecule has 1 aliphatic rings. The normalized spacial score (nSPS) is 17.6. The van der Waals surface area contributed by atoms with E-state index >= 15 is 0 Å². The molecule has 1 aromatic carbocycles. The van der Waals surface area contributed by atoms with Crippen LogP contribution in [0.4, 0.5) is 4.79 Å². The third-order valence-corrected chi connectivity index (χ3v) is 2.95. The summed E-state index contributed by atoms with van der Waals surface area (Å²) in [4.78, 5) is 24.6. The predicted molar refractivity (Wildman–Crippen MR) is 68.5 cm³/mol. The van der Waals surface area contributed by atoms with E-state index in [2.05, 4.69) is 0 Å². The predicted octanol–water partition coefficient (Wildman–Crippen LogP) is 2.04. The maximum Gasteiger partial charge on any atom is 0.410 e. The number of hydrogen-bond acceptors (Lipinski definition) is 4. The lowest BCUT2D eigenvalue weighted by atomic mass is 10.1. The smallest absolute Gasteiger partial charge is 0.410 e. The Kier molecular flexibility index (Phi) is 4.18. The molecule has 0 unspecified atom stereocenters. The molecule has 5 nitrogen and oxygen atoms in total. The Morgan fingerprint density at radius 1 is 1.37 bits per heavy atom. The number of nitrogens with zero attached hydrogens (tertiary/aromatic N) is 1. The molecule has 19 heavy (non-hydrogen) atoms. The van der Waals surface area contributed by atoms with Crippen molar-refractivity contribution in [2.75, 3.05) is 13.1 Å². The molecule has 0 aliphatic carbocycles. The van der Waals surface area contributed by atoms with Crippen LogP contribution in [-0.2, 0) is 16.1 Å². The van der Waals surface area contributed by atoms with Crippen molar-refractivity contribution in [3.63, 3.8) is 0 Å².